The van der Waals surface area contributed by atoms with Gasteiger partial charge in [-0.25, -0.2) is 0 Å². The molecule has 4 nitrogen and oxygen atoms in total. The Morgan fingerprint density at radius 2 is 0.734 bits per heavy atom. The van der Waals surface area contributed by atoms with Crippen molar-refractivity contribution in [3.63, 3.8) is 0 Å². The number of benzene rings is 10. The SMILES string of the molecule is Cc1ccc(N(c2ccc3c(C(C)C)cc4c(N(c5ccc(C)cc5)c5cccc6c5oc5ccccc56)ccc5c(C(C)C)cc2c3c54)c2cccc3c2oc2ccccc23)cc1. The van der Waals surface area contributed by atoms with E-state index in [2.05, 4.69) is 209 Å². The number of furan rings is 2. The second kappa shape index (κ2) is 14.5. The van der Waals surface area contributed by atoms with Gasteiger partial charge >= 0.3 is 0 Å². The molecule has 4 heteroatoms. The summed E-state index contributed by atoms with van der Waals surface area (Å²) in [6.45, 7) is 13.6. The van der Waals surface area contributed by atoms with Crippen LogP contribution in [-0.2, 0) is 0 Å². The number of aryl methyl sites for hydroxylation is 2. The number of hydrogen-bond acceptors (Lipinski definition) is 4. The van der Waals surface area contributed by atoms with Crippen molar-refractivity contribution in [3.05, 3.63) is 192 Å². The monoisotopic (exact) mass is 828 g/mol. The summed E-state index contributed by atoms with van der Waals surface area (Å²) in [6, 6.07) is 62.1. The predicted octanol–water partition coefficient (Wildman–Crippen LogP) is 18.2. The van der Waals surface area contributed by atoms with Crippen molar-refractivity contribution in [2.24, 2.45) is 0 Å². The molecule has 0 radical (unpaired) electrons. The second-order valence-electron chi connectivity index (χ2n) is 18.2. The first kappa shape index (κ1) is 38.1. The molecule has 0 aliphatic heterocycles. The highest BCUT2D eigenvalue weighted by Crippen LogP contribution is 2.53. The van der Waals surface area contributed by atoms with Gasteiger partial charge in [0.1, 0.15) is 11.2 Å². The maximum absolute atomic E-state index is 6.80. The van der Waals surface area contributed by atoms with Crippen LogP contribution in [0.2, 0.25) is 0 Å². The third-order valence-electron chi connectivity index (χ3n) is 13.5. The zero-order chi connectivity index (χ0) is 43.4. The summed E-state index contributed by atoms with van der Waals surface area (Å²) in [5.74, 6) is 0.526. The highest BCUT2D eigenvalue weighted by molar-refractivity contribution is 6.30. The van der Waals surface area contributed by atoms with Crippen LogP contribution in [0.4, 0.5) is 34.1 Å². The molecule has 0 N–H and O–H groups in total. The Kier molecular flexibility index (Phi) is 8.64. The van der Waals surface area contributed by atoms with Gasteiger partial charge in [0.15, 0.2) is 11.2 Å². The van der Waals surface area contributed by atoms with Crippen LogP contribution in [0, 0.1) is 13.8 Å². The average molecular weight is 829 g/mol. The molecule has 0 aliphatic rings. The molecule has 310 valence electrons. The molecule has 0 spiro atoms. The predicted molar refractivity (Wildman–Crippen MR) is 272 cm³/mol. The highest BCUT2D eigenvalue weighted by atomic mass is 16.3. The van der Waals surface area contributed by atoms with Crippen molar-refractivity contribution in [1.82, 2.24) is 0 Å². The van der Waals surface area contributed by atoms with Gasteiger partial charge in [0.2, 0.25) is 0 Å². The standard InChI is InChI=1S/C60H48N2O2/c1-35(2)47-33-49-51(61(39-25-21-37(5)22-26-39)53-17-11-15-45-41-13-7-9-19-55(41)63-59(45)53)32-30-44-48(36(3)4)34-50-52(31-29-43(47)57(50)58(44)49)62(40-27-23-38(6)24-28-40)54-18-12-16-46-42-14-8-10-20-56(42)64-60(46)54/h7-36H,1-6H3. The molecule has 12 aromatic rings. The summed E-state index contributed by atoms with van der Waals surface area (Å²) in [6.07, 6.45) is 0. The van der Waals surface area contributed by atoms with E-state index in [-0.39, 0.29) is 11.8 Å². The van der Waals surface area contributed by atoms with E-state index in [9.17, 15) is 0 Å². The third-order valence-corrected chi connectivity index (χ3v) is 13.5. The summed E-state index contributed by atoms with van der Waals surface area (Å²) in [5, 5.41) is 12.0. The van der Waals surface area contributed by atoms with Gasteiger partial charge in [-0.3, -0.25) is 0 Å². The first-order chi connectivity index (χ1) is 31.2. The average Bonchev–Trinajstić information content (AvgIpc) is 3.89. The lowest BCUT2D eigenvalue weighted by Crippen LogP contribution is -2.13. The van der Waals surface area contributed by atoms with Crippen LogP contribution in [0.3, 0.4) is 0 Å². The molecule has 0 saturated heterocycles. The zero-order valence-electron chi connectivity index (χ0n) is 37.0. The van der Waals surface area contributed by atoms with Gasteiger partial charge in [0.25, 0.3) is 0 Å². The third kappa shape index (κ3) is 5.75. The Hall–Kier alpha value is -7.56. The van der Waals surface area contributed by atoms with E-state index in [1.807, 2.05) is 12.1 Å². The molecular weight excluding hydrogens is 781 g/mol. The van der Waals surface area contributed by atoms with Gasteiger partial charge in [-0.2, -0.15) is 0 Å². The molecular formula is C60H48N2O2. The van der Waals surface area contributed by atoms with Crippen molar-refractivity contribution in [3.8, 4) is 0 Å². The molecule has 64 heavy (non-hydrogen) atoms. The van der Waals surface area contributed by atoms with E-state index in [0.29, 0.717) is 0 Å². The van der Waals surface area contributed by atoms with E-state index < -0.39 is 0 Å². The van der Waals surface area contributed by atoms with Gasteiger partial charge in [-0.15, -0.1) is 0 Å². The maximum Gasteiger partial charge on any atom is 0.159 e. The lowest BCUT2D eigenvalue weighted by Gasteiger charge is -2.31. The zero-order valence-corrected chi connectivity index (χ0v) is 37.0. The summed E-state index contributed by atoms with van der Waals surface area (Å²) < 4.78 is 13.6. The summed E-state index contributed by atoms with van der Waals surface area (Å²) >= 11 is 0. The Labute approximate surface area is 372 Å². The van der Waals surface area contributed by atoms with Crippen LogP contribution in [0.5, 0.6) is 0 Å². The van der Waals surface area contributed by atoms with Crippen LogP contribution in [0.1, 0.15) is 61.8 Å². The highest BCUT2D eigenvalue weighted by Gasteiger charge is 2.28. The first-order valence-corrected chi connectivity index (χ1v) is 22.6. The van der Waals surface area contributed by atoms with Crippen molar-refractivity contribution in [2.75, 3.05) is 9.80 Å². The summed E-state index contributed by atoms with van der Waals surface area (Å²) in [5.41, 5.74) is 15.0. The fourth-order valence-corrected chi connectivity index (χ4v) is 10.4. The maximum atomic E-state index is 6.80. The molecule has 10 aromatic carbocycles. The molecule has 2 heterocycles. The van der Waals surface area contributed by atoms with Crippen LogP contribution in [-0.4, -0.2) is 0 Å². The molecule has 0 amide bonds. The number of anilines is 6. The van der Waals surface area contributed by atoms with Crippen LogP contribution >= 0.6 is 0 Å². The molecule has 0 bridgehead atoms. The van der Waals surface area contributed by atoms with Crippen LogP contribution in [0.25, 0.3) is 76.2 Å². The smallest absolute Gasteiger partial charge is 0.159 e. The van der Waals surface area contributed by atoms with E-state index in [1.165, 1.54) is 54.6 Å². The molecule has 0 aliphatic carbocycles. The Morgan fingerprint density at radius 1 is 0.344 bits per heavy atom. The molecule has 0 unspecified atom stereocenters. The van der Waals surface area contributed by atoms with Gasteiger partial charge in [0, 0.05) is 43.7 Å². The fourth-order valence-electron chi connectivity index (χ4n) is 10.4. The van der Waals surface area contributed by atoms with Gasteiger partial charge in [0.05, 0.1) is 22.7 Å². The minimum absolute atomic E-state index is 0.263. The molecule has 0 saturated carbocycles. The minimum Gasteiger partial charge on any atom is -0.454 e. The molecule has 0 fully saturated rings. The van der Waals surface area contributed by atoms with E-state index in [0.717, 1.165) is 78.0 Å². The largest absolute Gasteiger partial charge is 0.454 e. The van der Waals surface area contributed by atoms with Crippen LogP contribution in [0.15, 0.2) is 179 Å². The van der Waals surface area contributed by atoms with Crippen molar-refractivity contribution in [2.45, 2.75) is 53.4 Å². The summed E-state index contributed by atoms with van der Waals surface area (Å²) in [7, 11) is 0. The molecule has 0 atom stereocenters. The second-order valence-corrected chi connectivity index (χ2v) is 18.2. The lowest BCUT2D eigenvalue weighted by atomic mass is 9.83. The van der Waals surface area contributed by atoms with Crippen LogP contribution < -0.4 is 9.80 Å². The first-order valence-electron chi connectivity index (χ1n) is 22.6. The number of nitrogens with zero attached hydrogens (tertiary/aromatic N) is 2. The van der Waals surface area contributed by atoms with Gasteiger partial charge in [-0.05, 0) is 131 Å². The molecule has 12 rings (SSSR count). The minimum atomic E-state index is 0.263. The Morgan fingerprint density at radius 3 is 1.14 bits per heavy atom. The quantitative estimate of drug-likeness (QED) is 0.143. The van der Waals surface area contributed by atoms with E-state index in [1.54, 1.807) is 0 Å². The van der Waals surface area contributed by atoms with Gasteiger partial charge < -0.3 is 18.6 Å². The number of para-hydroxylation sites is 4. The Balaban J connectivity index is 1.21. The topological polar surface area (TPSA) is 32.8 Å². The van der Waals surface area contributed by atoms with Crippen molar-refractivity contribution < 1.29 is 8.83 Å². The van der Waals surface area contributed by atoms with Crippen molar-refractivity contribution >= 4 is 110 Å². The number of hydrogen-bond donors (Lipinski definition) is 0. The molecule has 2 aromatic heterocycles. The number of fused-ring (bicyclic) bond motifs is 6. The Bertz CT molecular complexity index is 3510. The lowest BCUT2D eigenvalue weighted by molar-refractivity contribution is 0.669. The fraction of sp³-hybridized carbons (Fsp3) is 0.133. The summed E-state index contributed by atoms with van der Waals surface area (Å²) in [4.78, 5) is 4.86. The normalized spacial score (nSPS) is 12.2. The van der Waals surface area contributed by atoms with Gasteiger partial charge in [-0.1, -0.05) is 136 Å². The van der Waals surface area contributed by atoms with E-state index in [4.69, 9.17) is 8.83 Å². The number of rotatable bonds is 8. The van der Waals surface area contributed by atoms with E-state index >= 15 is 0 Å². The van der Waals surface area contributed by atoms with Crippen molar-refractivity contribution in [1.29, 1.82) is 0 Å².